The maximum atomic E-state index is 11.7. The predicted molar refractivity (Wildman–Crippen MR) is 60.0 cm³/mol. The van der Waals surface area contributed by atoms with Gasteiger partial charge in [0.2, 0.25) is 5.91 Å². The van der Waals surface area contributed by atoms with Crippen molar-refractivity contribution in [1.29, 1.82) is 0 Å². The lowest BCUT2D eigenvalue weighted by atomic mass is 10.0. The summed E-state index contributed by atoms with van der Waals surface area (Å²) in [5.74, 6) is -0.900. The number of carboxylic acids is 1. The molecule has 1 aliphatic rings. The van der Waals surface area contributed by atoms with E-state index >= 15 is 0 Å². The average molecular weight is 228 g/mol. The quantitative estimate of drug-likeness (QED) is 0.634. The molecule has 3 N–H and O–H groups in total. The zero-order valence-corrected chi connectivity index (χ0v) is 9.82. The Morgan fingerprint density at radius 3 is 2.62 bits per heavy atom. The topological polar surface area (TPSA) is 78.4 Å². The Bertz CT molecular complexity index is 260. The Labute approximate surface area is 95.6 Å². The molecule has 0 bridgehead atoms. The number of carboxylic acid groups (broad SMARTS) is 1. The molecule has 1 rings (SSSR count). The van der Waals surface area contributed by atoms with Crippen molar-refractivity contribution < 1.29 is 14.7 Å². The van der Waals surface area contributed by atoms with E-state index in [1.807, 2.05) is 13.8 Å². The molecule has 0 radical (unpaired) electrons. The molecule has 0 saturated carbocycles. The maximum Gasteiger partial charge on any atom is 0.326 e. The van der Waals surface area contributed by atoms with Crippen LogP contribution in [0.1, 0.15) is 33.1 Å². The first-order valence-electron chi connectivity index (χ1n) is 5.77. The minimum Gasteiger partial charge on any atom is -0.480 e. The Morgan fingerprint density at radius 1 is 1.50 bits per heavy atom. The van der Waals surface area contributed by atoms with Crippen LogP contribution in [-0.2, 0) is 9.59 Å². The van der Waals surface area contributed by atoms with Crippen LogP contribution in [0.3, 0.4) is 0 Å². The van der Waals surface area contributed by atoms with Gasteiger partial charge in [0.1, 0.15) is 6.04 Å². The molecule has 1 saturated heterocycles. The number of hydrogen-bond acceptors (Lipinski definition) is 3. The van der Waals surface area contributed by atoms with Crippen LogP contribution < -0.4 is 10.6 Å². The van der Waals surface area contributed by atoms with Crippen LogP contribution >= 0.6 is 0 Å². The fourth-order valence-corrected chi connectivity index (χ4v) is 1.87. The Hall–Kier alpha value is -1.10. The fraction of sp³-hybridized carbons (Fsp3) is 0.818. The first-order chi connectivity index (χ1) is 7.50. The van der Waals surface area contributed by atoms with Crippen molar-refractivity contribution >= 4 is 11.9 Å². The van der Waals surface area contributed by atoms with Gasteiger partial charge in [-0.2, -0.15) is 0 Å². The molecule has 2 atom stereocenters. The van der Waals surface area contributed by atoms with Gasteiger partial charge in [-0.3, -0.25) is 4.79 Å². The lowest BCUT2D eigenvalue weighted by Gasteiger charge is -2.18. The zero-order valence-electron chi connectivity index (χ0n) is 9.82. The van der Waals surface area contributed by atoms with Crippen molar-refractivity contribution in [2.45, 2.75) is 45.2 Å². The molecule has 0 aromatic rings. The van der Waals surface area contributed by atoms with Crippen molar-refractivity contribution in [3.05, 3.63) is 0 Å². The van der Waals surface area contributed by atoms with Crippen LogP contribution in [0.15, 0.2) is 0 Å². The van der Waals surface area contributed by atoms with Crippen LogP contribution in [0.4, 0.5) is 0 Å². The summed E-state index contributed by atoms with van der Waals surface area (Å²) in [6.45, 7) is 4.71. The van der Waals surface area contributed by atoms with Crippen molar-refractivity contribution in [2.24, 2.45) is 5.92 Å². The molecule has 0 aromatic carbocycles. The molecule has 1 aliphatic heterocycles. The molecule has 1 heterocycles. The summed E-state index contributed by atoms with van der Waals surface area (Å²) in [5.41, 5.74) is 0. The van der Waals surface area contributed by atoms with Crippen molar-refractivity contribution in [2.75, 3.05) is 6.54 Å². The van der Waals surface area contributed by atoms with Crippen molar-refractivity contribution in [3.63, 3.8) is 0 Å². The zero-order chi connectivity index (χ0) is 12.1. The second kappa shape index (κ2) is 5.84. The van der Waals surface area contributed by atoms with E-state index in [9.17, 15) is 9.59 Å². The van der Waals surface area contributed by atoms with E-state index in [2.05, 4.69) is 10.6 Å². The minimum absolute atomic E-state index is 0.189. The van der Waals surface area contributed by atoms with Crippen molar-refractivity contribution in [3.8, 4) is 0 Å². The number of aliphatic carboxylic acids is 1. The standard InChI is InChI=1S/C11H20N2O3/c1-7(2)6-9(11(15)16)13-10(14)8-4-3-5-12-8/h7-9,12H,3-6H2,1-2H3,(H,13,14)(H,15,16)/t8-,9?/m0/s1. The number of rotatable bonds is 5. The maximum absolute atomic E-state index is 11.7. The molecular weight excluding hydrogens is 208 g/mol. The van der Waals surface area contributed by atoms with Gasteiger partial charge < -0.3 is 15.7 Å². The molecule has 1 unspecified atom stereocenters. The van der Waals surface area contributed by atoms with Crippen LogP contribution in [0.25, 0.3) is 0 Å². The van der Waals surface area contributed by atoms with Crippen LogP contribution in [0.2, 0.25) is 0 Å². The van der Waals surface area contributed by atoms with Crippen molar-refractivity contribution in [1.82, 2.24) is 10.6 Å². The van der Waals surface area contributed by atoms with E-state index in [1.54, 1.807) is 0 Å². The summed E-state index contributed by atoms with van der Waals surface area (Å²) in [6, 6.07) is -0.982. The van der Waals surface area contributed by atoms with Gasteiger partial charge in [-0.25, -0.2) is 4.79 Å². The first-order valence-corrected chi connectivity index (χ1v) is 5.77. The molecule has 0 aliphatic carbocycles. The second-order valence-electron chi connectivity index (χ2n) is 4.68. The molecule has 92 valence electrons. The van der Waals surface area contributed by atoms with Gasteiger partial charge in [0.05, 0.1) is 6.04 Å². The fourth-order valence-electron chi connectivity index (χ4n) is 1.87. The SMILES string of the molecule is CC(C)CC(NC(=O)[C@@H]1CCCN1)C(=O)O. The lowest BCUT2D eigenvalue weighted by molar-refractivity contribution is -0.142. The van der Waals surface area contributed by atoms with Crippen LogP contribution in [0.5, 0.6) is 0 Å². The average Bonchev–Trinajstić information content (AvgIpc) is 2.68. The van der Waals surface area contributed by atoms with E-state index in [-0.39, 0.29) is 17.9 Å². The van der Waals surface area contributed by atoms with Gasteiger partial charge in [-0.15, -0.1) is 0 Å². The molecule has 16 heavy (non-hydrogen) atoms. The number of carbonyl (C=O) groups excluding carboxylic acids is 1. The smallest absolute Gasteiger partial charge is 0.326 e. The van der Waals surface area contributed by atoms with E-state index in [0.29, 0.717) is 6.42 Å². The van der Waals surface area contributed by atoms with Gasteiger partial charge >= 0.3 is 5.97 Å². The monoisotopic (exact) mass is 228 g/mol. The highest BCUT2D eigenvalue weighted by Gasteiger charge is 2.27. The summed E-state index contributed by atoms with van der Waals surface area (Å²) in [7, 11) is 0. The Kier molecular flexibility index (Phi) is 4.73. The number of carbonyl (C=O) groups is 2. The first kappa shape index (κ1) is 13.0. The number of hydrogen-bond donors (Lipinski definition) is 3. The minimum atomic E-state index is -0.958. The highest BCUT2D eigenvalue weighted by atomic mass is 16.4. The largest absolute Gasteiger partial charge is 0.480 e. The molecule has 5 heteroatoms. The summed E-state index contributed by atoms with van der Waals surface area (Å²) < 4.78 is 0. The predicted octanol–water partition coefficient (Wildman–Crippen LogP) is 0.354. The number of amides is 1. The van der Waals surface area contributed by atoms with Gasteiger partial charge in [-0.05, 0) is 31.7 Å². The second-order valence-corrected chi connectivity index (χ2v) is 4.68. The third kappa shape index (κ3) is 3.81. The summed E-state index contributed by atoms with van der Waals surface area (Å²) >= 11 is 0. The molecule has 1 amide bonds. The van der Waals surface area contributed by atoms with Gasteiger partial charge in [0.25, 0.3) is 0 Å². The van der Waals surface area contributed by atoms with Crippen LogP contribution in [-0.4, -0.2) is 35.6 Å². The number of nitrogens with one attached hydrogen (secondary N) is 2. The highest BCUT2D eigenvalue weighted by molar-refractivity contribution is 5.87. The molecule has 0 spiro atoms. The van der Waals surface area contributed by atoms with Gasteiger partial charge in [0.15, 0.2) is 0 Å². The lowest BCUT2D eigenvalue weighted by Crippen LogP contribution is -2.48. The van der Waals surface area contributed by atoms with Gasteiger partial charge in [0, 0.05) is 0 Å². The van der Waals surface area contributed by atoms with Gasteiger partial charge in [-0.1, -0.05) is 13.8 Å². The third-order valence-electron chi connectivity index (χ3n) is 2.70. The summed E-state index contributed by atoms with van der Waals surface area (Å²) in [6.07, 6.45) is 2.23. The van der Waals surface area contributed by atoms with E-state index in [1.165, 1.54) is 0 Å². The van der Waals surface area contributed by atoms with Crippen LogP contribution in [0, 0.1) is 5.92 Å². The highest BCUT2D eigenvalue weighted by Crippen LogP contribution is 2.08. The Morgan fingerprint density at radius 2 is 2.19 bits per heavy atom. The summed E-state index contributed by atoms with van der Waals surface area (Å²) in [4.78, 5) is 22.7. The van der Waals surface area contributed by atoms with E-state index < -0.39 is 12.0 Å². The molecule has 1 fully saturated rings. The molecular formula is C11H20N2O3. The molecule has 0 aromatic heterocycles. The normalized spacial score (nSPS) is 22.1. The summed E-state index contributed by atoms with van der Waals surface area (Å²) in [5, 5.41) is 14.6. The Balaban J connectivity index is 2.47. The molecule has 5 nitrogen and oxygen atoms in total. The third-order valence-corrected chi connectivity index (χ3v) is 2.70. The van der Waals surface area contributed by atoms with E-state index in [4.69, 9.17) is 5.11 Å². The van der Waals surface area contributed by atoms with E-state index in [0.717, 1.165) is 19.4 Å².